The molecule has 1 saturated heterocycles. The van der Waals surface area contributed by atoms with Gasteiger partial charge in [0.25, 0.3) is 5.95 Å². The number of nitrogens with zero attached hydrogens (tertiary/aromatic N) is 4. The van der Waals surface area contributed by atoms with Crippen LogP contribution in [-0.4, -0.2) is 58.2 Å². The summed E-state index contributed by atoms with van der Waals surface area (Å²) >= 11 is 0. The van der Waals surface area contributed by atoms with Gasteiger partial charge >= 0.3 is 0 Å². The number of amides is 1. The number of hydrogen-bond donors (Lipinski definition) is 1. The molecular weight excluding hydrogens is 322 g/mol. The Morgan fingerprint density at radius 3 is 2.61 bits per heavy atom. The van der Waals surface area contributed by atoms with Crippen LogP contribution in [0.4, 0.5) is 5.95 Å². The maximum Gasteiger partial charge on any atom is 0.270 e. The molecule has 0 unspecified atom stereocenters. The van der Waals surface area contributed by atoms with Crippen molar-refractivity contribution in [1.82, 2.24) is 20.2 Å². The Bertz CT molecular complexity index is 649. The van der Waals surface area contributed by atoms with Crippen LogP contribution in [0.3, 0.4) is 0 Å². The molecule has 0 bridgehead atoms. The van der Waals surface area contributed by atoms with E-state index >= 15 is 0 Å². The van der Waals surface area contributed by atoms with Gasteiger partial charge in [0.05, 0.1) is 12.3 Å². The van der Waals surface area contributed by atoms with Crippen molar-refractivity contribution in [2.75, 3.05) is 24.3 Å². The summed E-state index contributed by atoms with van der Waals surface area (Å²) in [6.07, 6.45) is 1.40. The lowest BCUT2D eigenvalue weighted by molar-refractivity contribution is -0.117. The van der Waals surface area contributed by atoms with E-state index in [0.717, 1.165) is 0 Å². The van der Waals surface area contributed by atoms with Crippen LogP contribution in [0, 0.1) is 5.92 Å². The third kappa shape index (κ3) is 4.05. The fraction of sp³-hybridized carbons (Fsp3) is 0.846. The maximum absolute atomic E-state index is 12.7. The van der Waals surface area contributed by atoms with E-state index in [1.165, 1.54) is 18.6 Å². The second-order valence-electron chi connectivity index (χ2n) is 6.10. The third-order valence-electron chi connectivity index (χ3n) is 4.08. The van der Waals surface area contributed by atoms with Crippen molar-refractivity contribution >= 4 is 21.7 Å². The summed E-state index contributed by atoms with van der Waals surface area (Å²) in [5, 5.41) is 13.8. The number of carbonyl (C=O) groups excluding carboxylic acids is 1. The van der Waals surface area contributed by atoms with Crippen LogP contribution in [0.2, 0.25) is 0 Å². The van der Waals surface area contributed by atoms with Gasteiger partial charge < -0.3 is 4.74 Å². The molecule has 9 nitrogen and oxygen atoms in total. The summed E-state index contributed by atoms with van der Waals surface area (Å²) in [7, 11) is -3.63. The van der Waals surface area contributed by atoms with E-state index in [2.05, 4.69) is 20.7 Å². The molecule has 2 heterocycles. The van der Waals surface area contributed by atoms with E-state index in [1.54, 1.807) is 0 Å². The molecule has 0 radical (unpaired) electrons. The Labute approximate surface area is 135 Å². The molecule has 1 aliphatic heterocycles. The van der Waals surface area contributed by atoms with Crippen LogP contribution < -0.4 is 5.32 Å². The SMILES string of the molecule is CCn1nnc(NC(=O)C(C)(C)S(=O)(=O)CC2CCOCC2)n1. The maximum atomic E-state index is 12.7. The molecule has 1 fully saturated rings. The van der Waals surface area contributed by atoms with E-state index < -0.39 is 20.5 Å². The molecule has 0 spiro atoms. The minimum atomic E-state index is -3.63. The van der Waals surface area contributed by atoms with Crippen molar-refractivity contribution in [1.29, 1.82) is 0 Å². The Morgan fingerprint density at radius 2 is 2.04 bits per heavy atom. The Hall–Kier alpha value is -1.55. The highest BCUT2D eigenvalue weighted by Gasteiger charge is 2.43. The van der Waals surface area contributed by atoms with Gasteiger partial charge in [-0.2, -0.15) is 4.80 Å². The minimum absolute atomic E-state index is 0.00573. The fourth-order valence-electron chi connectivity index (χ4n) is 2.25. The molecule has 1 aromatic heterocycles. The van der Waals surface area contributed by atoms with Gasteiger partial charge in [0.15, 0.2) is 9.84 Å². The minimum Gasteiger partial charge on any atom is -0.381 e. The summed E-state index contributed by atoms with van der Waals surface area (Å²) in [5.41, 5.74) is 0. The van der Waals surface area contributed by atoms with Gasteiger partial charge in [-0.25, -0.2) is 8.42 Å². The van der Waals surface area contributed by atoms with Crippen molar-refractivity contribution in [3.8, 4) is 0 Å². The average molecular weight is 345 g/mol. The molecule has 0 saturated carbocycles. The van der Waals surface area contributed by atoms with Crippen molar-refractivity contribution < 1.29 is 17.9 Å². The zero-order valence-electron chi connectivity index (χ0n) is 13.7. The molecule has 1 aliphatic rings. The first-order valence-corrected chi connectivity index (χ1v) is 9.31. The first-order chi connectivity index (χ1) is 10.8. The topological polar surface area (TPSA) is 116 Å². The lowest BCUT2D eigenvalue weighted by Crippen LogP contribution is -2.47. The fourth-order valence-corrected chi connectivity index (χ4v) is 3.96. The average Bonchev–Trinajstić information content (AvgIpc) is 2.95. The number of sulfone groups is 1. The van der Waals surface area contributed by atoms with E-state index in [9.17, 15) is 13.2 Å². The van der Waals surface area contributed by atoms with Gasteiger partial charge in [0.1, 0.15) is 4.75 Å². The number of hydrogen-bond acceptors (Lipinski definition) is 7. The summed E-state index contributed by atoms with van der Waals surface area (Å²) < 4.78 is 29.0. The number of carbonyl (C=O) groups is 1. The number of rotatable bonds is 6. The van der Waals surface area contributed by atoms with Crippen LogP contribution >= 0.6 is 0 Å². The molecular formula is C13H23N5O4S. The Kier molecular flexibility index (Phi) is 5.35. The lowest BCUT2D eigenvalue weighted by Gasteiger charge is -2.27. The summed E-state index contributed by atoms with van der Waals surface area (Å²) in [6.45, 7) is 6.28. The molecule has 0 aromatic carbocycles. The molecule has 130 valence electrons. The Balaban J connectivity index is 2.06. The normalized spacial score (nSPS) is 17.2. The van der Waals surface area contributed by atoms with E-state index in [1.807, 2.05) is 6.92 Å². The van der Waals surface area contributed by atoms with Crippen LogP contribution in [0.25, 0.3) is 0 Å². The van der Waals surface area contributed by atoms with Crippen molar-refractivity contribution in [2.45, 2.75) is 44.9 Å². The molecule has 0 atom stereocenters. The Morgan fingerprint density at radius 1 is 1.39 bits per heavy atom. The van der Waals surface area contributed by atoms with Gasteiger partial charge in [0, 0.05) is 13.2 Å². The molecule has 1 aromatic rings. The van der Waals surface area contributed by atoms with Crippen molar-refractivity contribution in [2.24, 2.45) is 5.92 Å². The van der Waals surface area contributed by atoms with Gasteiger partial charge in [-0.3, -0.25) is 10.1 Å². The van der Waals surface area contributed by atoms with Gasteiger partial charge in [0.2, 0.25) is 5.91 Å². The molecule has 1 N–H and O–H groups in total. The number of ether oxygens (including phenoxy) is 1. The summed E-state index contributed by atoms with van der Waals surface area (Å²) in [5.74, 6) is -0.641. The molecule has 0 aliphatic carbocycles. The number of aryl methyl sites for hydroxylation is 1. The number of aromatic nitrogens is 4. The lowest BCUT2D eigenvalue weighted by atomic mass is 10.0. The van der Waals surface area contributed by atoms with E-state index in [4.69, 9.17) is 4.74 Å². The molecule has 1 amide bonds. The van der Waals surface area contributed by atoms with E-state index in [0.29, 0.717) is 32.6 Å². The summed E-state index contributed by atoms with van der Waals surface area (Å²) in [4.78, 5) is 13.7. The predicted octanol–water partition coefficient (Wildman–Crippen LogP) is 0.252. The zero-order chi connectivity index (χ0) is 17.1. The van der Waals surface area contributed by atoms with Gasteiger partial charge in [-0.15, -0.1) is 5.10 Å². The quantitative estimate of drug-likeness (QED) is 0.785. The zero-order valence-corrected chi connectivity index (χ0v) is 14.5. The van der Waals surface area contributed by atoms with Gasteiger partial charge in [-0.05, 0) is 44.7 Å². The molecule has 23 heavy (non-hydrogen) atoms. The van der Waals surface area contributed by atoms with Crippen molar-refractivity contribution in [3.63, 3.8) is 0 Å². The highest BCUT2D eigenvalue weighted by Crippen LogP contribution is 2.25. The van der Waals surface area contributed by atoms with Gasteiger partial charge in [-0.1, -0.05) is 5.10 Å². The number of nitrogens with one attached hydrogen (secondary N) is 1. The number of anilines is 1. The highest BCUT2D eigenvalue weighted by molar-refractivity contribution is 7.93. The molecule has 2 rings (SSSR count). The van der Waals surface area contributed by atoms with E-state index in [-0.39, 0.29) is 17.6 Å². The van der Waals surface area contributed by atoms with Crippen LogP contribution in [0.15, 0.2) is 0 Å². The third-order valence-corrected chi connectivity index (χ3v) is 6.73. The summed E-state index contributed by atoms with van der Waals surface area (Å²) in [6, 6.07) is 0. The second-order valence-corrected chi connectivity index (χ2v) is 8.69. The second kappa shape index (κ2) is 6.91. The predicted molar refractivity (Wildman–Crippen MR) is 83.5 cm³/mol. The molecule has 10 heteroatoms. The first kappa shape index (κ1) is 17.8. The van der Waals surface area contributed by atoms with Crippen LogP contribution in [-0.2, 0) is 25.9 Å². The monoisotopic (exact) mass is 345 g/mol. The standard InChI is InChI=1S/C13H23N5O4S/c1-4-18-16-12(15-17-18)14-11(19)13(2,3)23(20,21)9-10-5-7-22-8-6-10/h10H,4-9H2,1-3H3,(H,14,16,19). The first-order valence-electron chi connectivity index (χ1n) is 7.65. The van der Waals surface area contributed by atoms with Crippen LogP contribution in [0.1, 0.15) is 33.6 Å². The smallest absolute Gasteiger partial charge is 0.270 e. The van der Waals surface area contributed by atoms with Crippen molar-refractivity contribution in [3.05, 3.63) is 0 Å². The number of tetrazole rings is 1. The van der Waals surface area contributed by atoms with Crippen LogP contribution in [0.5, 0.6) is 0 Å². The largest absolute Gasteiger partial charge is 0.381 e. The highest BCUT2D eigenvalue weighted by atomic mass is 32.2.